The molecule has 1 N–H and O–H groups in total. The van der Waals surface area contributed by atoms with Crippen LogP contribution >= 0.6 is 0 Å². The zero-order chi connectivity index (χ0) is 9.07. The Balaban J connectivity index is 4.08. The largest absolute Gasteiger partial charge is 0.243 e. The van der Waals surface area contributed by atoms with Gasteiger partial charge in [-0.25, -0.2) is 8.93 Å². The van der Waals surface area contributed by atoms with E-state index in [2.05, 4.69) is 4.72 Å². The van der Waals surface area contributed by atoms with Gasteiger partial charge in [0.1, 0.15) is 5.54 Å². The van der Waals surface area contributed by atoms with Crippen molar-refractivity contribution in [1.29, 1.82) is 5.26 Å². The number of rotatable bonds is 3. The smallest absolute Gasteiger partial charge is 0.112 e. The molecule has 0 aromatic heterocycles. The molecular weight excluding hydrogens is 160 g/mol. The summed E-state index contributed by atoms with van der Waals surface area (Å²) in [5.74, 6) is 0. The molecule has 4 heteroatoms. The van der Waals surface area contributed by atoms with E-state index in [1.54, 1.807) is 13.8 Å². The van der Waals surface area contributed by atoms with E-state index in [1.807, 2.05) is 19.9 Å². The molecule has 0 amide bonds. The molecule has 0 aliphatic carbocycles. The predicted octanol–water partition coefficient (Wildman–Crippen LogP) is 0.950. The minimum atomic E-state index is -1.11. The third kappa shape index (κ3) is 4.12. The van der Waals surface area contributed by atoms with Gasteiger partial charge in [0.15, 0.2) is 0 Å². The summed E-state index contributed by atoms with van der Waals surface area (Å²) in [6.45, 7) is 7.09. The van der Waals surface area contributed by atoms with Crippen LogP contribution in [0.25, 0.3) is 0 Å². The van der Waals surface area contributed by atoms with Gasteiger partial charge < -0.3 is 0 Å². The number of nitriles is 1. The monoisotopic (exact) mass is 174 g/mol. The van der Waals surface area contributed by atoms with E-state index in [-0.39, 0.29) is 5.25 Å². The third-order valence-corrected chi connectivity index (χ3v) is 2.63. The van der Waals surface area contributed by atoms with Gasteiger partial charge in [0.2, 0.25) is 0 Å². The molecule has 0 aromatic carbocycles. The summed E-state index contributed by atoms with van der Waals surface area (Å²) in [6.07, 6.45) is 0. The average molecular weight is 174 g/mol. The Morgan fingerprint density at radius 1 is 1.55 bits per heavy atom. The van der Waals surface area contributed by atoms with Crippen molar-refractivity contribution >= 4 is 11.0 Å². The molecule has 0 spiro atoms. The van der Waals surface area contributed by atoms with E-state index >= 15 is 0 Å². The summed E-state index contributed by atoms with van der Waals surface area (Å²) in [6, 6.07) is 2.02. The summed E-state index contributed by atoms with van der Waals surface area (Å²) in [5, 5.41) is 8.62. The fourth-order valence-electron chi connectivity index (χ4n) is 0.392. The van der Waals surface area contributed by atoms with Crippen molar-refractivity contribution in [1.82, 2.24) is 4.72 Å². The van der Waals surface area contributed by atoms with Crippen LogP contribution < -0.4 is 4.72 Å². The summed E-state index contributed by atoms with van der Waals surface area (Å²) in [5.41, 5.74) is -0.699. The lowest BCUT2D eigenvalue weighted by Crippen LogP contribution is -2.41. The Bertz CT molecular complexity index is 193. The standard InChI is InChI=1S/C7H14N2OS/c1-6(2)11(10)9-7(3,4)5-8/h6,9H,1-4H3. The van der Waals surface area contributed by atoms with E-state index in [0.29, 0.717) is 0 Å². The van der Waals surface area contributed by atoms with Gasteiger partial charge in [0.25, 0.3) is 0 Å². The first kappa shape index (κ1) is 10.6. The maximum Gasteiger partial charge on any atom is 0.112 e. The highest BCUT2D eigenvalue weighted by molar-refractivity contribution is 7.83. The first-order chi connectivity index (χ1) is 4.89. The SMILES string of the molecule is CC(C)S(=O)NC(C)(C)C#N. The zero-order valence-corrected chi connectivity index (χ0v) is 8.16. The van der Waals surface area contributed by atoms with E-state index in [1.165, 1.54) is 0 Å². The van der Waals surface area contributed by atoms with Crippen LogP contribution in [-0.2, 0) is 11.0 Å². The van der Waals surface area contributed by atoms with Crippen LogP contribution in [0.2, 0.25) is 0 Å². The van der Waals surface area contributed by atoms with Crippen LogP contribution in [-0.4, -0.2) is 15.0 Å². The van der Waals surface area contributed by atoms with Gasteiger partial charge in [-0.2, -0.15) is 5.26 Å². The van der Waals surface area contributed by atoms with Crippen LogP contribution in [0.5, 0.6) is 0 Å². The average Bonchev–Trinajstić information content (AvgIpc) is 1.87. The molecule has 1 unspecified atom stereocenters. The van der Waals surface area contributed by atoms with Crippen molar-refractivity contribution in [2.75, 3.05) is 0 Å². The molecule has 0 heterocycles. The second-order valence-electron chi connectivity index (χ2n) is 3.19. The minimum absolute atomic E-state index is 0.0441. The van der Waals surface area contributed by atoms with E-state index in [9.17, 15) is 4.21 Å². The first-order valence-corrected chi connectivity index (χ1v) is 4.70. The van der Waals surface area contributed by atoms with Gasteiger partial charge in [-0.1, -0.05) is 0 Å². The maximum atomic E-state index is 11.2. The van der Waals surface area contributed by atoms with Crippen molar-refractivity contribution in [3.8, 4) is 6.07 Å². The number of nitrogens with zero attached hydrogens (tertiary/aromatic N) is 1. The van der Waals surface area contributed by atoms with Gasteiger partial charge in [-0.05, 0) is 27.7 Å². The van der Waals surface area contributed by atoms with Gasteiger partial charge >= 0.3 is 0 Å². The lowest BCUT2D eigenvalue weighted by atomic mass is 10.1. The molecule has 11 heavy (non-hydrogen) atoms. The molecule has 0 fully saturated rings. The molecule has 3 nitrogen and oxygen atoms in total. The highest BCUT2D eigenvalue weighted by Crippen LogP contribution is 2.02. The Hall–Kier alpha value is -0.400. The van der Waals surface area contributed by atoms with Crippen molar-refractivity contribution in [2.24, 2.45) is 0 Å². The van der Waals surface area contributed by atoms with Gasteiger partial charge in [-0.15, -0.1) is 0 Å². The van der Waals surface area contributed by atoms with Crippen molar-refractivity contribution in [2.45, 2.75) is 38.5 Å². The predicted molar refractivity (Wildman–Crippen MR) is 46.1 cm³/mol. The number of hydrogen-bond acceptors (Lipinski definition) is 2. The molecule has 0 saturated carbocycles. The fourth-order valence-corrected chi connectivity index (χ4v) is 1.18. The molecule has 0 aliphatic rings. The van der Waals surface area contributed by atoms with Gasteiger partial charge in [0, 0.05) is 5.25 Å². The summed E-state index contributed by atoms with van der Waals surface area (Å²) in [7, 11) is -1.11. The number of hydrogen-bond donors (Lipinski definition) is 1. The van der Waals surface area contributed by atoms with Crippen LogP contribution in [0.1, 0.15) is 27.7 Å². The van der Waals surface area contributed by atoms with E-state index in [4.69, 9.17) is 5.26 Å². The Labute approximate surface area is 70.4 Å². The molecule has 0 bridgehead atoms. The van der Waals surface area contributed by atoms with Crippen LogP contribution in [0.4, 0.5) is 0 Å². The Morgan fingerprint density at radius 3 is 2.27 bits per heavy atom. The van der Waals surface area contributed by atoms with Gasteiger partial charge in [0.05, 0.1) is 17.1 Å². The number of nitrogens with one attached hydrogen (secondary N) is 1. The maximum absolute atomic E-state index is 11.2. The molecule has 0 aromatic rings. The summed E-state index contributed by atoms with van der Waals surface area (Å²) in [4.78, 5) is 0. The van der Waals surface area contributed by atoms with Crippen LogP contribution in [0.3, 0.4) is 0 Å². The summed E-state index contributed by atoms with van der Waals surface area (Å²) >= 11 is 0. The fraction of sp³-hybridized carbons (Fsp3) is 0.857. The minimum Gasteiger partial charge on any atom is -0.243 e. The normalized spacial score (nSPS) is 14.5. The highest BCUT2D eigenvalue weighted by atomic mass is 32.2. The second-order valence-corrected chi connectivity index (χ2v) is 4.93. The second kappa shape index (κ2) is 3.84. The molecule has 0 rings (SSSR count). The molecule has 0 aliphatic heterocycles. The molecule has 1 atom stereocenters. The third-order valence-electron chi connectivity index (χ3n) is 1.06. The van der Waals surface area contributed by atoms with E-state index < -0.39 is 16.5 Å². The van der Waals surface area contributed by atoms with Crippen molar-refractivity contribution in [3.05, 3.63) is 0 Å². The molecule has 64 valence electrons. The lowest BCUT2D eigenvalue weighted by molar-refractivity contribution is 0.584. The van der Waals surface area contributed by atoms with Crippen molar-refractivity contribution in [3.63, 3.8) is 0 Å². The Morgan fingerprint density at radius 2 is 2.00 bits per heavy atom. The van der Waals surface area contributed by atoms with Crippen LogP contribution in [0.15, 0.2) is 0 Å². The molecule has 0 saturated heterocycles. The molecule has 0 radical (unpaired) electrons. The van der Waals surface area contributed by atoms with Crippen LogP contribution in [0, 0.1) is 11.3 Å². The van der Waals surface area contributed by atoms with E-state index in [0.717, 1.165) is 0 Å². The lowest BCUT2D eigenvalue weighted by Gasteiger charge is -2.17. The quantitative estimate of drug-likeness (QED) is 0.692. The van der Waals surface area contributed by atoms with Gasteiger partial charge in [-0.3, -0.25) is 0 Å². The summed E-state index contributed by atoms with van der Waals surface area (Å²) < 4.78 is 13.9. The topological polar surface area (TPSA) is 52.9 Å². The zero-order valence-electron chi connectivity index (χ0n) is 7.34. The molecular formula is C7H14N2OS. The van der Waals surface area contributed by atoms with Crippen molar-refractivity contribution < 1.29 is 4.21 Å². The highest BCUT2D eigenvalue weighted by Gasteiger charge is 2.20. The first-order valence-electron chi connectivity index (χ1n) is 3.48. The Kier molecular flexibility index (Phi) is 3.70.